The molecule has 19 heavy (non-hydrogen) atoms. The number of nitrogens with zero attached hydrogens (tertiary/aromatic N) is 4. The van der Waals surface area contributed by atoms with Gasteiger partial charge in [-0.05, 0) is 5.56 Å². The maximum absolute atomic E-state index is 7.84. The van der Waals surface area contributed by atoms with Gasteiger partial charge in [-0.15, -0.1) is 0 Å². The van der Waals surface area contributed by atoms with Crippen molar-refractivity contribution in [1.29, 1.82) is 5.41 Å². The number of hydrogen-bond donors (Lipinski definition) is 1. The van der Waals surface area contributed by atoms with Crippen molar-refractivity contribution < 1.29 is 4.84 Å². The maximum Gasteiger partial charge on any atom is 0.177 e. The molecule has 0 spiro atoms. The third-order valence-electron chi connectivity index (χ3n) is 2.93. The average molecular weight is 255 g/mol. The van der Waals surface area contributed by atoms with Crippen molar-refractivity contribution in [2.24, 2.45) is 0 Å². The molecule has 0 aliphatic rings. The van der Waals surface area contributed by atoms with E-state index in [0.29, 0.717) is 17.7 Å². The van der Waals surface area contributed by atoms with E-state index in [1.54, 1.807) is 12.7 Å². The van der Waals surface area contributed by atoms with Crippen LogP contribution in [0.25, 0.3) is 11.2 Å². The van der Waals surface area contributed by atoms with Gasteiger partial charge in [0.25, 0.3) is 0 Å². The molecule has 0 aliphatic carbocycles. The quantitative estimate of drug-likeness (QED) is 0.753. The Morgan fingerprint density at radius 2 is 1.95 bits per heavy atom. The highest BCUT2D eigenvalue weighted by atomic mass is 16.6. The molecule has 1 N–H and O–H groups in total. The van der Waals surface area contributed by atoms with Crippen LogP contribution in [0.3, 0.4) is 0 Å². The second kappa shape index (κ2) is 4.56. The fourth-order valence-electron chi connectivity index (χ4n) is 2.02. The standard InChI is InChI=1S/C13H13N5O/c1-19-18-9-16-13-11(18)12(14)15-8-17(13)7-10-5-3-2-4-6-10/h2-6,8-9,14H,7H2,1H3. The lowest BCUT2D eigenvalue weighted by Gasteiger charge is -2.07. The van der Waals surface area contributed by atoms with Gasteiger partial charge in [0.2, 0.25) is 0 Å². The molecule has 6 nitrogen and oxygen atoms in total. The molecule has 0 bridgehead atoms. The molecule has 0 aliphatic heterocycles. The summed E-state index contributed by atoms with van der Waals surface area (Å²) in [5.74, 6) is 0. The average Bonchev–Trinajstić information content (AvgIpc) is 2.88. The van der Waals surface area contributed by atoms with Crippen LogP contribution in [0.5, 0.6) is 0 Å². The third kappa shape index (κ3) is 1.97. The van der Waals surface area contributed by atoms with Gasteiger partial charge in [-0.2, -0.15) is 4.73 Å². The van der Waals surface area contributed by atoms with Gasteiger partial charge in [-0.1, -0.05) is 30.3 Å². The molecule has 2 aromatic heterocycles. The third-order valence-corrected chi connectivity index (χ3v) is 2.93. The zero-order valence-electron chi connectivity index (χ0n) is 10.4. The minimum atomic E-state index is 0.152. The lowest BCUT2D eigenvalue weighted by molar-refractivity contribution is 0.176. The van der Waals surface area contributed by atoms with Gasteiger partial charge in [0.15, 0.2) is 16.7 Å². The van der Waals surface area contributed by atoms with Gasteiger partial charge in [0, 0.05) is 0 Å². The van der Waals surface area contributed by atoms with Crippen molar-refractivity contribution in [3.05, 3.63) is 54.0 Å². The van der Waals surface area contributed by atoms with E-state index in [0.717, 1.165) is 5.56 Å². The normalized spacial score (nSPS) is 10.8. The van der Waals surface area contributed by atoms with E-state index >= 15 is 0 Å². The Morgan fingerprint density at radius 3 is 2.68 bits per heavy atom. The van der Waals surface area contributed by atoms with Crippen LogP contribution in [-0.2, 0) is 6.54 Å². The van der Waals surface area contributed by atoms with Gasteiger partial charge >= 0.3 is 0 Å². The minimum absolute atomic E-state index is 0.152. The largest absolute Gasteiger partial charge is 0.415 e. The highest BCUT2D eigenvalue weighted by Crippen LogP contribution is 2.09. The van der Waals surface area contributed by atoms with E-state index in [1.165, 1.54) is 11.8 Å². The molecule has 1 aromatic carbocycles. The second-order valence-corrected chi connectivity index (χ2v) is 4.13. The van der Waals surface area contributed by atoms with Crippen molar-refractivity contribution in [1.82, 2.24) is 19.3 Å². The Morgan fingerprint density at radius 1 is 1.16 bits per heavy atom. The van der Waals surface area contributed by atoms with Gasteiger partial charge < -0.3 is 9.40 Å². The van der Waals surface area contributed by atoms with Gasteiger partial charge in [-0.3, -0.25) is 5.41 Å². The Balaban J connectivity index is 2.13. The number of rotatable bonds is 3. The second-order valence-electron chi connectivity index (χ2n) is 4.13. The molecule has 0 amide bonds. The summed E-state index contributed by atoms with van der Waals surface area (Å²) in [4.78, 5) is 13.5. The molecule has 3 rings (SSSR count). The monoisotopic (exact) mass is 255 g/mol. The number of nitrogens with one attached hydrogen (secondary N) is 1. The van der Waals surface area contributed by atoms with Gasteiger partial charge in [0.1, 0.15) is 13.4 Å². The first-order valence-corrected chi connectivity index (χ1v) is 5.85. The molecular formula is C13H13N5O. The van der Waals surface area contributed by atoms with Crippen molar-refractivity contribution in [2.45, 2.75) is 6.54 Å². The van der Waals surface area contributed by atoms with Crippen LogP contribution in [0.4, 0.5) is 0 Å². The van der Waals surface area contributed by atoms with Crippen LogP contribution in [-0.4, -0.2) is 26.4 Å². The topological polar surface area (TPSA) is 68.7 Å². The van der Waals surface area contributed by atoms with Crippen molar-refractivity contribution in [3.8, 4) is 0 Å². The Hall–Kier alpha value is -2.63. The van der Waals surface area contributed by atoms with Crippen LogP contribution in [0.1, 0.15) is 5.56 Å². The summed E-state index contributed by atoms with van der Waals surface area (Å²) in [6, 6.07) is 10.1. The fourth-order valence-corrected chi connectivity index (χ4v) is 2.02. The van der Waals surface area contributed by atoms with Gasteiger partial charge in [0.05, 0.1) is 12.9 Å². The van der Waals surface area contributed by atoms with Crippen LogP contribution < -0.4 is 10.3 Å². The first-order valence-electron chi connectivity index (χ1n) is 5.85. The van der Waals surface area contributed by atoms with Crippen LogP contribution in [0, 0.1) is 5.41 Å². The number of benzene rings is 1. The summed E-state index contributed by atoms with van der Waals surface area (Å²) in [5, 5.41) is 7.84. The first kappa shape index (κ1) is 11.5. The van der Waals surface area contributed by atoms with Crippen molar-refractivity contribution >= 4 is 11.2 Å². The van der Waals surface area contributed by atoms with E-state index in [4.69, 9.17) is 10.2 Å². The highest BCUT2D eigenvalue weighted by molar-refractivity contribution is 5.69. The highest BCUT2D eigenvalue weighted by Gasteiger charge is 2.09. The smallest absolute Gasteiger partial charge is 0.177 e. The van der Waals surface area contributed by atoms with Crippen LogP contribution in [0.2, 0.25) is 0 Å². The molecule has 0 radical (unpaired) electrons. The lowest BCUT2D eigenvalue weighted by Crippen LogP contribution is -2.17. The summed E-state index contributed by atoms with van der Waals surface area (Å²) in [5.41, 5.74) is 2.56. The number of hydrogen-bond acceptors (Lipinski definition) is 4. The number of imidazole rings is 1. The first-order chi connectivity index (χ1) is 9.29. The summed E-state index contributed by atoms with van der Waals surface area (Å²) >= 11 is 0. The zero-order valence-corrected chi connectivity index (χ0v) is 10.4. The zero-order chi connectivity index (χ0) is 13.2. The molecule has 3 aromatic rings. The van der Waals surface area contributed by atoms with Crippen LogP contribution in [0.15, 0.2) is 43.0 Å². The lowest BCUT2D eigenvalue weighted by atomic mass is 10.2. The van der Waals surface area contributed by atoms with Gasteiger partial charge in [-0.25, -0.2) is 9.97 Å². The molecule has 0 saturated heterocycles. The molecule has 0 saturated carbocycles. The van der Waals surface area contributed by atoms with E-state index in [2.05, 4.69) is 9.97 Å². The van der Waals surface area contributed by atoms with Crippen molar-refractivity contribution in [2.75, 3.05) is 7.11 Å². The Labute approximate surface area is 109 Å². The number of aromatic nitrogens is 4. The minimum Gasteiger partial charge on any atom is -0.415 e. The molecule has 0 atom stereocenters. The predicted octanol–water partition coefficient (Wildman–Crippen LogP) is 0.819. The summed E-state index contributed by atoms with van der Waals surface area (Å²) in [7, 11) is 1.54. The number of fused-ring (bicyclic) bond motifs is 1. The predicted molar refractivity (Wildman–Crippen MR) is 69.4 cm³/mol. The molecular weight excluding hydrogens is 242 g/mol. The van der Waals surface area contributed by atoms with Crippen LogP contribution >= 0.6 is 0 Å². The van der Waals surface area contributed by atoms with E-state index in [-0.39, 0.29) is 5.49 Å². The molecule has 0 fully saturated rings. The summed E-state index contributed by atoms with van der Waals surface area (Å²) < 4.78 is 3.35. The maximum atomic E-state index is 7.84. The Kier molecular flexibility index (Phi) is 2.75. The van der Waals surface area contributed by atoms with E-state index in [1.807, 2.05) is 34.9 Å². The fraction of sp³-hybridized carbons (Fsp3) is 0.154. The van der Waals surface area contributed by atoms with E-state index < -0.39 is 0 Å². The molecule has 2 heterocycles. The molecule has 96 valence electrons. The Bertz CT molecular complexity index is 760. The molecule has 0 unspecified atom stereocenters. The summed E-state index contributed by atoms with van der Waals surface area (Å²) in [6.07, 6.45) is 3.18. The molecule has 6 heteroatoms. The van der Waals surface area contributed by atoms with Crippen molar-refractivity contribution in [3.63, 3.8) is 0 Å². The summed E-state index contributed by atoms with van der Waals surface area (Å²) in [6.45, 7) is 0.658. The SMILES string of the molecule is COn1cnc2c1c(=N)ncn2Cc1ccccc1. The van der Waals surface area contributed by atoms with E-state index in [9.17, 15) is 0 Å².